The molecule has 4 rings (SSSR count). The number of rotatable bonds is 10. The van der Waals surface area contributed by atoms with Crippen LogP contribution in [0.4, 0.5) is 11.8 Å². The molecule has 0 saturated carbocycles. The van der Waals surface area contributed by atoms with Crippen molar-refractivity contribution in [1.82, 2.24) is 25.0 Å². The molecule has 29 heavy (non-hydrogen) atoms. The maximum atomic E-state index is 8.79. The van der Waals surface area contributed by atoms with E-state index in [4.69, 9.17) is 20.2 Å². The van der Waals surface area contributed by atoms with E-state index in [1.54, 1.807) is 0 Å². The molecule has 0 aromatic carbocycles. The maximum absolute atomic E-state index is 8.79. The lowest BCUT2D eigenvalue weighted by Gasteiger charge is -2.21. The second-order valence-corrected chi connectivity index (χ2v) is 8.23. The van der Waals surface area contributed by atoms with E-state index in [0.717, 1.165) is 87.8 Å². The molecular weight excluding hydrogens is 366 g/mol. The number of nitrogens with one attached hydrogen (secondary N) is 1. The first-order chi connectivity index (χ1) is 14.3. The Hall–Kier alpha value is -2.35. The molecule has 2 aromatic rings. The predicted octanol–water partition coefficient (Wildman–Crippen LogP) is 3.47. The predicted molar refractivity (Wildman–Crippen MR) is 115 cm³/mol. The van der Waals surface area contributed by atoms with Crippen LogP contribution >= 0.6 is 0 Å². The summed E-state index contributed by atoms with van der Waals surface area (Å²) in [6.45, 7) is 8.90. The monoisotopic (exact) mass is 399 g/mol. The van der Waals surface area contributed by atoms with Gasteiger partial charge in [-0.1, -0.05) is 19.4 Å². The van der Waals surface area contributed by atoms with Crippen molar-refractivity contribution in [3.8, 4) is 0 Å². The van der Waals surface area contributed by atoms with Crippen LogP contribution in [0, 0.1) is 0 Å². The largest absolute Gasteiger partial charge is 0.355 e. The Bertz CT molecular complexity index is 822. The Kier molecular flexibility index (Phi) is 6.49. The molecule has 2 N–H and O–H groups in total. The highest BCUT2D eigenvalue weighted by Crippen LogP contribution is 2.29. The van der Waals surface area contributed by atoms with Crippen molar-refractivity contribution in [2.45, 2.75) is 64.3 Å². The van der Waals surface area contributed by atoms with E-state index >= 15 is 0 Å². The van der Waals surface area contributed by atoms with Gasteiger partial charge in [0.15, 0.2) is 17.0 Å². The minimum Gasteiger partial charge on any atom is -0.355 e. The summed E-state index contributed by atoms with van der Waals surface area (Å²) in [5.41, 5.74) is 4.73. The van der Waals surface area contributed by atoms with E-state index in [1.807, 2.05) is 6.33 Å². The topological polar surface area (TPSA) is 82.3 Å². The van der Waals surface area contributed by atoms with Gasteiger partial charge in [-0.15, -0.1) is 0 Å². The van der Waals surface area contributed by atoms with Crippen LogP contribution in [0.15, 0.2) is 18.6 Å². The molecule has 2 aromatic heterocycles. The number of hydrogen-bond acceptors (Lipinski definition) is 7. The number of nitrogens with zero attached hydrogens (tertiary/aromatic N) is 6. The van der Waals surface area contributed by atoms with Crippen molar-refractivity contribution in [1.29, 1.82) is 0 Å². The highest BCUT2D eigenvalue weighted by Gasteiger charge is 2.24. The Balaban J connectivity index is 1.47. The van der Waals surface area contributed by atoms with E-state index < -0.39 is 0 Å². The van der Waals surface area contributed by atoms with Gasteiger partial charge < -0.3 is 14.4 Å². The van der Waals surface area contributed by atoms with Crippen LogP contribution in [0.3, 0.4) is 0 Å². The van der Waals surface area contributed by atoms with Crippen LogP contribution in [0.1, 0.15) is 57.8 Å². The van der Waals surface area contributed by atoms with E-state index in [9.17, 15) is 0 Å². The molecule has 0 spiro atoms. The van der Waals surface area contributed by atoms with E-state index in [0.29, 0.717) is 5.70 Å². The summed E-state index contributed by atoms with van der Waals surface area (Å²) in [6.07, 6.45) is 12.0. The van der Waals surface area contributed by atoms with E-state index in [1.165, 1.54) is 25.7 Å². The fourth-order valence-corrected chi connectivity index (χ4v) is 4.32. The Morgan fingerprint density at radius 3 is 2.38 bits per heavy atom. The van der Waals surface area contributed by atoms with Gasteiger partial charge in [-0.3, -0.25) is 10.7 Å². The zero-order chi connectivity index (χ0) is 20.1. The normalized spacial score (nSPS) is 16.9. The molecule has 0 bridgehead atoms. The molecule has 0 radical (unpaired) electrons. The van der Waals surface area contributed by atoms with Gasteiger partial charge in [0.1, 0.15) is 0 Å². The molecule has 0 amide bonds. The summed E-state index contributed by atoms with van der Waals surface area (Å²) < 4.78 is 2.20. The average Bonchev–Trinajstić information content (AvgIpc) is 3.51. The van der Waals surface area contributed by atoms with Crippen molar-refractivity contribution in [3.63, 3.8) is 0 Å². The SMILES string of the molecule is C=C(CCCCCCn1cnc2c(N3CCCC3)nc(N3CCCC3)nc21)NO. The Morgan fingerprint density at radius 2 is 1.66 bits per heavy atom. The van der Waals surface area contributed by atoms with Crippen molar-refractivity contribution < 1.29 is 5.21 Å². The summed E-state index contributed by atoms with van der Waals surface area (Å²) in [7, 11) is 0. The molecule has 8 nitrogen and oxygen atoms in total. The molecule has 0 atom stereocenters. The van der Waals surface area contributed by atoms with Crippen LogP contribution in [0.25, 0.3) is 11.2 Å². The number of unbranched alkanes of at least 4 members (excludes halogenated alkanes) is 3. The lowest BCUT2D eigenvalue weighted by atomic mass is 10.1. The maximum Gasteiger partial charge on any atom is 0.229 e. The number of hydroxylamine groups is 1. The number of aryl methyl sites for hydroxylation is 1. The van der Waals surface area contributed by atoms with Crippen LogP contribution < -0.4 is 15.3 Å². The molecule has 2 saturated heterocycles. The second kappa shape index (κ2) is 9.43. The third-order valence-corrected chi connectivity index (χ3v) is 6.01. The zero-order valence-electron chi connectivity index (χ0n) is 17.3. The van der Waals surface area contributed by atoms with Gasteiger partial charge in [0.25, 0.3) is 0 Å². The zero-order valence-corrected chi connectivity index (χ0v) is 17.3. The number of fused-ring (bicyclic) bond motifs is 1. The standard InChI is InChI=1S/C21H33N7O/c1-17(25-29)10-4-2-3-5-15-28-16-22-18-19(26-11-6-7-12-26)23-21(24-20(18)28)27-13-8-9-14-27/h16,25,29H,1-15H2. The quantitative estimate of drug-likeness (QED) is 0.467. The van der Waals surface area contributed by atoms with Crippen LogP contribution in [0.5, 0.6) is 0 Å². The first kappa shape index (κ1) is 19.9. The summed E-state index contributed by atoms with van der Waals surface area (Å²) in [5, 5.41) is 8.79. The van der Waals surface area contributed by atoms with Crippen molar-refractivity contribution in [2.24, 2.45) is 0 Å². The van der Waals surface area contributed by atoms with Gasteiger partial charge in [0, 0.05) is 38.4 Å². The number of aromatic nitrogens is 4. The molecule has 4 heterocycles. The van der Waals surface area contributed by atoms with Crippen molar-refractivity contribution in [3.05, 3.63) is 18.6 Å². The average molecular weight is 400 g/mol. The van der Waals surface area contributed by atoms with E-state index in [-0.39, 0.29) is 0 Å². The lowest BCUT2D eigenvalue weighted by Crippen LogP contribution is -2.24. The number of allylic oxidation sites excluding steroid dienone is 1. The second-order valence-electron chi connectivity index (χ2n) is 8.23. The first-order valence-corrected chi connectivity index (χ1v) is 11.1. The summed E-state index contributed by atoms with van der Waals surface area (Å²) in [5.74, 6) is 1.89. The smallest absolute Gasteiger partial charge is 0.229 e. The van der Waals surface area contributed by atoms with Crippen LogP contribution in [0.2, 0.25) is 0 Å². The molecular formula is C21H33N7O. The van der Waals surface area contributed by atoms with Gasteiger partial charge >= 0.3 is 0 Å². The fourth-order valence-electron chi connectivity index (χ4n) is 4.32. The molecule has 0 unspecified atom stereocenters. The first-order valence-electron chi connectivity index (χ1n) is 11.1. The Labute approximate surface area is 172 Å². The third kappa shape index (κ3) is 4.63. The van der Waals surface area contributed by atoms with Gasteiger partial charge in [-0.2, -0.15) is 9.97 Å². The van der Waals surface area contributed by atoms with Gasteiger partial charge in [0.2, 0.25) is 5.95 Å². The molecule has 8 heteroatoms. The van der Waals surface area contributed by atoms with Gasteiger partial charge in [-0.25, -0.2) is 4.98 Å². The van der Waals surface area contributed by atoms with E-state index in [2.05, 4.69) is 26.4 Å². The molecule has 2 aliphatic heterocycles. The number of anilines is 2. The van der Waals surface area contributed by atoms with Crippen LogP contribution in [-0.2, 0) is 6.54 Å². The van der Waals surface area contributed by atoms with Crippen molar-refractivity contribution >= 4 is 22.9 Å². The number of imidazole rings is 1. The fraction of sp³-hybridized carbons (Fsp3) is 0.667. The van der Waals surface area contributed by atoms with Crippen LogP contribution in [-0.4, -0.2) is 50.9 Å². The Morgan fingerprint density at radius 1 is 0.966 bits per heavy atom. The van der Waals surface area contributed by atoms with Crippen molar-refractivity contribution in [2.75, 3.05) is 36.0 Å². The van der Waals surface area contributed by atoms with Gasteiger partial charge in [-0.05, 0) is 44.9 Å². The summed E-state index contributed by atoms with van der Waals surface area (Å²) in [6, 6.07) is 0. The minimum absolute atomic E-state index is 0.686. The molecule has 2 fully saturated rings. The molecule has 0 aliphatic carbocycles. The highest BCUT2D eigenvalue weighted by atomic mass is 16.5. The summed E-state index contributed by atoms with van der Waals surface area (Å²) in [4.78, 5) is 19.3. The minimum atomic E-state index is 0.686. The summed E-state index contributed by atoms with van der Waals surface area (Å²) >= 11 is 0. The van der Waals surface area contributed by atoms with Gasteiger partial charge in [0.05, 0.1) is 6.33 Å². The number of hydrogen-bond donors (Lipinski definition) is 2. The molecule has 2 aliphatic rings. The molecule has 158 valence electrons. The lowest BCUT2D eigenvalue weighted by molar-refractivity contribution is 0.196. The highest BCUT2D eigenvalue weighted by molar-refractivity contribution is 5.85. The third-order valence-electron chi connectivity index (χ3n) is 6.01.